The van der Waals surface area contributed by atoms with Crippen molar-refractivity contribution < 1.29 is 0 Å². The third kappa shape index (κ3) is 1.75. The Bertz CT molecular complexity index is 279. The number of nitrogens with zero attached hydrogens (tertiary/aromatic N) is 2. The van der Waals surface area contributed by atoms with Crippen LogP contribution in [0.25, 0.3) is 0 Å². The highest BCUT2D eigenvalue weighted by Crippen LogP contribution is 2.33. The van der Waals surface area contributed by atoms with Gasteiger partial charge in [-0.3, -0.25) is 4.68 Å². The molecular formula is C10H17N3. The lowest BCUT2D eigenvalue weighted by Crippen LogP contribution is -2.21. The van der Waals surface area contributed by atoms with Crippen molar-refractivity contribution in [3.8, 4) is 0 Å². The van der Waals surface area contributed by atoms with Gasteiger partial charge in [0.25, 0.3) is 0 Å². The molecule has 2 unspecified atom stereocenters. The summed E-state index contributed by atoms with van der Waals surface area (Å²) in [5.74, 6) is 0.728. The predicted octanol–water partition coefficient (Wildman–Crippen LogP) is 1.28. The molecule has 1 heterocycles. The largest absolute Gasteiger partial charge is 0.317 e. The van der Waals surface area contributed by atoms with Crippen LogP contribution in [0.2, 0.25) is 0 Å². The molecule has 0 aliphatic heterocycles. The molecule has 0 bridgehead atoms. The predicted molar refractivity (Wildman–Crippen MR) is 52.6 cm³/mol. The van der Waals surface area contributed by atoms with E-state index in [0.717, 1.165) is 5.92 Å². The van der Waals surface area contributed by atoms with Gasteiger partial charge >= 0.3 is 0 Å². The molecule has 1 N–H and O–H groups in total. The zero-order valence-corrected chi connectivity index (χ0v) is 8.33. The monoisotopic (exact) mass is 179 g/mol. The lowest BCUT2D eigenvalue weighted by Gasteiger charge is -2.08. The zero-order chi connectivity index (χ0) is 9.26. The summed E-state index contributed by atoms with van der Waals surface area (Å²) in [5.41, 5.74) is 1.40. The van der Waals surface area contributed by atoms with E-state index in [-0.39, 0.29) is 0 Å². The van der Waals surface area contributed by atoms with E-state index >= 15 is 0 Å². The summed E-state index contributed by atoms with van der Waals surface area (Å²) >= 11 is 0. The van der Waals surface area contributed by atoms with Crippen molar-refractivity contribution in [1.29, 1.82) is 0 Å². The average Bonchev–Trinajstić information content (AvgIpc) is 2.71. The molecule has 13 heavy (non-hydrogen) atoms. The molecule has 1 saturated carbocycles. The molecule has 1 fully saturated rings. The average molecular weight is 179 g/mol. The van der Waals surface area contributed by atoms with Crippen LogP contribution in [0, 0.1) is 0 Å². The first-order chi connectivity index (χ1) is 6.29. The van der Waals surface area contributed by atoms with Crippen LogP contribution in [0.5, 0.6) is 0 Å². The van der Waals surface area contributed by atoms with E-state index in [2.05, 4.69) is 23.7 Å². The number of rotatable bonds is 2. The van der Waals surface area contributed by atoms with Crippen LogP contribution >= 0.6 is 0 Å². The fourth-order valence-corrected chi connectivity index (χ4v) is 2.20. The van der Waals surface area contributed by atoms with Gasteiger partial charge in [0.2, 0.25) is 0 Å². The van der Waals surface area contributed by atoms with Crippen LogP contribution in [0.1, 0.15) is 30.7 Å². The summed E-state index contributed by atoms with van der Waals surface area (Å²) in [6.45, 7) is 0. The smallest absolute Gasteiger partial charge is 0.0524 e. The molecule has 1 aromatic heterocycles. The topological polar surface area (TPSA) is 29.9 Å². The molecule has 0 saturated heterocycles. The minimum Gasteiger partial charge on any atom is -0.317 e. The molecule has 3 nitrogen and oxygen atoms in total. The molecule has 0 amide bonds. The van der Waals surface area contributed by atoms with Gasteiger partial charge in [0.05, 0.1) is 6.20 Å². The van der Waals surface area contributed by atoms with Gasteiger partial charge in [0.1, 0.15) is 0 Å². The summed E-state index contributed by atoms with van der Waals surface area (Å²) in [6, 6.07) is 0.713. The quantitative estimate of drug-likeness (QED) is 0.741. The first-order valence-electron chi connectivity index (χ1n) is 4.95. The van der Waals surface area contributed by atoms with E-state index < -0.39 is 0 Å². The molecule has 2 rings (SSSR count). The first kappa shape index (κ1) is 8.75. The molecular weight excluding hydrogens is 162 g/mol. The molecule has 1 aliphatic carbocycles. The van der Waals surface area contributed by atoms with Crippen molar-refractivity contribution in [3.05, 3.63) is 18.0 Å². The number of aryl methyl sites for hydroxylation is 1. The van der Waals surface area contributed by atoms with E-state index in [1.54, 1.807) is 0 Å². The fourth-order valence-electron chi connectivity index (χ4n) is 2.20. The van der Waals surface area contributed by atoms with E-state index in [4.69, 9.17) is 0 Å². The van der Waals surface area contributed by atoms with E-state index in [1.165, 1.54) is 24.8 Å². The first-order valence-corrected chi connectivity index (χ1v) is 4.95. The summed E-state index contributed by atoms with van der Waals surface area (Å²) in [7, 11) is 4.03. The normalized spacial score (nSPS) is 28.2. The second kappa shape index (κ2) is 3.50. The molecule has 72 valence electrons. The number of nitrogens with one attached hydrogen (secondary N) is 1. The molecule has 0 aromatic carbocycles. The molecule has 0 radical (unpaired) electrons. The Morgan fingerprint density at radius 1 is 1.54 bits per heavy atom. The fraction of sp³-hybridized carbons (Fsp3) is 0.700. The lowest BCUT2D eigenvalue weighted by atomic mass is 10.0. The minimum atomic E-state index is 0.713. The highest BCUT2D eigenvalue weighted by atomic mass is 15.2. The van der Waals surface area contributed by atoms with Gasteiger partial charge in [0, 0.05) is 19.3 Å². The van der Waals surface area contributed by atoms with Crippen molar-refractivity contribution >= 4 is 0 Å². The molecule has 0 spiro atoms. The summed E-state index contributed by atoms with van der Waals surface area (Å²) in [6.07, 6.45) is 8.01. The maximum absolute atomic E-state index is 4.21. The van der Waals surface area contributed by atoms with Crippen LogP contribution in [-0.2, 0) is 7.05 Å². The summed E-state index contributed by atoms with van der Waals surface area (Å²) in [4.78, 5) is 0. The second-order valence-electron chi connectivity index (χ2n) is 3.94. The van der Waals surface area contributed by atoms with Gasteiger partial charge in [-0.2, -0.15) is 5.10 Å². The Balaban J connectivity index is 2.03. The molecule has 1 aromatic rings. The van der Waals surface area contributed by atoms with Crippen LogP contribution in [0.15, 0.2) is 12.4 Å². The van der Waals surface area contributed by atoms with Crippen molar-refractivity contribution in [2.45, 2.75) is 31.2 Å². The van der Waals surface area contributed by atoms with E-state index in [0.29, 0.717) is 6.04 Å². The third-order valence-corrected chi connectivity index (χ3v) is 3.04. The van der Waals surface area contributed by atoms with E-state index in [1.807, 2.05) is 17.9 Å². The van der Waals surface area contributed by atoms with Crippen molar-refractivity contribution in [3.63, 3.8) is 0 Å². The second-order valence-corrected chi connectivity index (χ2v) is 3.94. The maximum atomic E-state index is 4.21. The van der Waals surface area contributed by atoms with Gasteiger partial charge in [-0.25, -0.2) is 0 Å². The molecule has 2 atom stereocenters. The Morgan fingerprint density at radius 3 is 2.92 bits per heavy atom. The van der Waals surface area contributed by atoms with Crippen molar-refractivity contribution in [2.75, 3.05) is 7.05 Å². The van der Waals surface area contributed by atoms with Crippen LogP contribution < -0.4 is 5.32 Å². The Hall–Kier alpha value is -0.830. The van der Waals surface area contributed by atoms with Crippen molar-refractivity contribution in [1.82, 2.24) is 15.1 Å². The van der Waals surface area contributed by atoms with Gasteiger partial charge in [-0.15, -0.1) is 0 Å². The van der Waals surface area contributed by atoms with Gasteiger partial charge in [-0.1, -0.05) is 0 Å². The zero-order valence-electron chi connectivity index (χ0n) is 8.33. The third-order valence-electron chi connectivity index (χ3n) is 3.04. The van der Waals surface area contributed by atoms with Gasteiger partial charge in [0.15, 0.2) is 0 Å². The summed E-state index contributed by atoms with van der Waals surface area (Å²) in [5, 5.41) is 7.55. The minimum absolute atomic E-state index is 0.713. The highest BCUT2D eigenvalue weighted by molar-refractivity contribution is 5.13. The van der Waals surface area contributed by atoms with Gasteiger partial charge in [-0.05, 0) is 37.8 Å². The Kier molecular flexibility index (Phi) is 2.36. The van der Waals surface area contributed by atoms with E-state index in [9.17, 15) is 0 Å². The SMILES string of the molecule is CNC1CCC(c2cnn(C)c2)C1. The summed E-state index contributed by atoms with van der Waals surface area (Å²) < 4.78 is 1.89. The molecule has 1 aliphatic rings. The number of hydrogen-bond donors (Lipinski definition) is 1. The maximum Gasteiger partial charge on any atom is 0.0524 e. The highest BCUT2D eigenvalue weighted by Gasteiger charge is 2.25. The lowest BCUT2D eigenvalue weighted by molar-refractivity contribution is 0.572. The molecule has 3 heteroatoms. The van der Waals surface area contributed by atoms with Crippen LogP contribution in [0.4, 0.5) is 0 Å². The van der Waals surface area contributed by atoms with Crippen molar-refractivity contribution in [2.24, 2.45) is 7.05 Å². The van der Waals surface area contributed by atoms with Crippen LogP contribution in [0.3, 0.4) is 0 Å². The Labute approximate surface area is 79.1 Å². The Morgan fingerprint density at radius 2 is 2.38 bits per heavy atom. The number of hydrogen-bond acceptors (Lipinski definition) is 2. The standard InChI is InChI=1S/C10H17N3/c1-11-10-4-3-8(5-10)9-6-12-13(2)7-9/h6-8,10-11H,3-5H2,1-2H3. The van der Waals surface area contributed by atoms with Crippen LogP contribution in [-0.4, -0.2) is 22.9 Å². The number of aromatic nitrogens is 2. The van der Waals surface area contributed by atoms with Gasteiger partial charge < -0.3 is 5.32 Å².